The lowest BCUT2D eigenvalue weighted by Crippen LogP contribution is -2.21. The molecule has 0 atom stereocenters. The molecule has 150 valence electrons. The van der Waals surface area contributed by atoms with Gasteiger partial charge in [0.1, 0.15) is 11.6 Å². The van der Waals surface area contributed by atoms with E-state index in [4.69, 9.17) is 9.90 Å². The minimum absolute atomic E-state index is 0.00843. The van der Waals surface area contributed by atoms with Gasteiger partial charge in [-0.3, -0.25) is 14.7 Å². The quantitative estimate of drug-likeness (QED) is 0.548. The van der Waals surface area contributed by atoms with Crippen LogP contribution in [-0.2, 0) is 31.0 Å². The summed E-state index contributed by atoms with van der Waals surface area (Å²) in [7, 11) is 1.35. The molecule has 28 heavy (non-hydrogen) atoms. The summed E-state index contributed by atoms with van der Waals surface area (Å²) < 4.78 is 42.2. The van der Waals surface area contributed by atoms with E-state index < -0.39 is 17.8 Å². The summed E-state index contributed by atoms with van der Waals surface area (Å²) in [6.45, 7) is 0.351. The van der Waals surface area contributed by atoms with Crippen LogP contribution in [0.15, 0.2) is 0 Å². The van der Waals surface area contributed by atoms with Gasteiger partial charge in [-0.25, -0.2) is 4.68 Å². The summed E-state index contributed by atoms with van der Waals surface area (Å²) in [5.41, 5.74) is -1.12. The number of nitrogens with zero attached hydrogens (tertiary/aromatic N) is 6. The van der Waals surface area contributed by atoms with E-state index in [2.05, 4.69) is 30.8 Å². The molecule has 1 aliphatic heterocycles. The lowest BCUT2D eigenvalue weighted by Gasteiger charge is -2.14. The molecule has 3 aromatic heterocycles. The Morgan fingerprint density at radius 2 is 2.04 bits per heavy atom. The first-order chi connectivity index (χ1) is 13.3. The molecule has 0 bridgehead atoms. The van der Waals surface area contributed by atoms with E-state index in [1.807, 2.05) is 0 Å². The molecular weight excluding hydrogens is 385 g/mol. The van der Waals surface area contributed by atoms with E-state index in [1.54, 1.807) is 4.57 Å². The van der Waals surface area contributed by atoms with E-state index in [1.165, 1.54) is 7.05 Å². The Kier molecular flexibility index (Phi) is 5.02. The van der Waals surface area contributed by atoms with Gasteiger partial charge in [-0.1, -0.05) is 0 Å². The highest BCUT2D eigenvalue weighted by Crippen LogP contribution is 2.36. The van der Waals surface area contributed by atoms with Crippen LogP contribution in [-0.4, -0.2) is 52.2 Å². The number of anilines is 1. The summed E-state index contributed by atoms with van der Waals surface area (Å²) in [5.74, 6) is -0.0600. The number of halogens is 3. The van der Waals surface area contributed by atoms with E-state index in [0.717, 1.165) is 23.9 Å². The summed E-state index contributed by atoms with van der Waals surface area (Å²) >= 11 is 0. The van der Waals surface area contributed by atoms with Gasteiger partial charge >= 0.3 is 6.18 Å². The molecule has 3 aromatic rings. The van der Waals surface area contributed by atoms with Gasteiger partial charge in [-0.15, -0.1) is 10.2 Å². The lowest BCUT2D eigenvalue weighted by atomic mass is 10.1. The number of H-pyrrole nitrogens is 1. The summed E-state index contributed by atoms with van der Waals surface area (Å²) in [5, 5.41) is 26.5. The predicted molar refractivity (Wildman–Crippen MR) is 87.5 cm³/mol. The molecule has 0 radical (unpaired) electrons. The fourth-order valence-corrected chi connectivity index (χ4v) is 2.97. The van der Waals surface area contributed by atoms with Crippen LogP contribution in [0.4, 0.5) is 19.0 Å². The smallest absolute Gasteiger partial charge is 0.435 e. The molecule has 0 saturated heterocycles. The first kappa shape index (κ1) is 19.3. The molecule has 4 heterocycles. The van der Waals surface area contributed by atoms with Gasteiger partial charge in [0.05, 0.1) is 5.39 Å². The van der Waals surface area contributed by atoms with Crippen LogP contribution in [0, 0.1) is 0 Å². The largest absolute Gasteiger partial charge is 0.483 e. The minimum Gasteiger partial charge on any atom is -0.483 e. The maximum Gasteiger partial charge on any atom is 0.435 e. The summed E-state index contributed by atoms with van der Waals surface area (Å²) in [6.07, 6.45) is -2.10. The molecule has 0 fully saturated rings. The molecule has 14 heteroatoms. The highest BCUT2D eigenvalue weighted by molar-refractivity contribution is 6.06. The van der Waals surface area contributed by atoms with Crippen molar-refractivity contribution in [2.24, 2.45) is 7.05 Å². The maximum atomic E-state index is 13.2. The first-order valence-corrected chi connectivity index (χ1v) is 8.07. The van der Waals surface area contributed by atoms with Crippen molar-refractivity contribution < 1.29 is 27.9 Å². The highest BCUT2D eigenvalue weighted by Gasteiger charge is 2.39. The highest BCUT2D eigenvalue weighted by atomic mass is 19.4. The number of fused-ring (bicyclic) bond motifs is 2. The monoisotopic (exact) mass is 400 g/mol. The third-order valence-corrected chi connectivity index (χ3v) is 4.11. The molecule has 0 aliphatic carbocycles. The molecule has 0 saturated carbocycles. The van der Waals surface area contributed by atoms with Gasteiger partial charge in [-0.2, -0.15) is 23.4 Å². The molecule has 1 amide bonds. The Morgan fingerprint density at radius 1 is 1.32 bits per heavy atom. The first-order valence-electron chi connectivity index (χ1n) is 8.07. The zero-order chi connectivity index (χ0) is 20.5. The van der Waals surface area contributed by atoms with Crippen molar-refractivity contribution in [3.63, 3.8) is 0 Å². The SMILES string of the molecule is Cn1nc(C(F)(F)F)c2c(NC(=O)c3nnc4n3CCCC4)[nH]nc21.O=CO. The van der Waals surface area contributed by atoms with Crippen LogP contribution in [0.1, 0.15) is 35.0 Å². The molecule has 3 N–H and O–H groups in total. The number of alkyl halides is 3. The van der Waals surface area contributed by atoms with Gasteiger partial charge in [0.15, 0.2) is 11.3 Å². The molecule has 11 nitrogen and oxygen atoms in total. The Bertz CT molecular complexity index is 1020. The minimum atomic E-state index is -4.67. The summed E-state index contributed by atoms with van der Waals surface area (Å²) in [4.78, 5) is 20.8. The van der Waals surface area contributed by atoms with Crippen molar-refractivity contribution in [1.29, 1.82) is 0 Å². The number of amides is 1. The third-order valence-electron chi connectivity index (χ3n) is 4.11. The van der Waals surface area contributed by atoms with Crippen LogP contribution in [0.25, 0.3) is 11.0 Å². The Hall–Kier alpha value is -3.45. The van der Waals surface area contributed by atoms with E-state index in [0.29, 0.717) is 12.4 Å². The number of carboxylic acid groups (broad SMARTS) is 1. The van der Waals surface area contributed by atoms with Crippen LogP contribution in [0.3, 0.4) is 0 Å². The number of hydrogen-bond acceptors (Lipinski definition) is 6. The number of aryl methyl sites for hydroxylation is 2. The Balaban J connectivity index is 0.000000706. The van der Waals surface area contributed by atoms with Gasteiger partial charge in [0.2, 0.25) is 5.82 Å². The fraction of sp³-hybridized carbons (Fsp3) is 0.429. The second-order valence-electron chi connectivity index (χ2n) is 5.88. The van der Waals surface area contributed by atoms with Crippen molar-refractivity contribution in [3.8, 4) is 0 Å². The fourth-order valence-electron chi connectivity index (χ4n) is 2.97. The second kappa shape index (κ2) is 7.28. The zero-order valence-corrected chi connectivity index (χ0v) is 14.5. The van der Waals surface area contributed by atoms with Gasteiger partial charge in [0.25, 0.3) is 12.4 Å². The molecule has 4 rings (SSSR count). The van der Waals surface area contributed by atoms with Crippen molar-refractivity contribution in [3.05, 3.63) is 17.3 Å². The van der Waals surface area contributed by atoms with Crippen molar-refractivity contribution in [2.45, 2.75) is 32.0 Å². The standard InChI is InChI=1S/C13H13F3N8O.CH2O2/c1-23-10-7(8(22-23)13(14,15)16)9(19-20-10)17-12(25)11-21-18-6-4-2-3-5-24(6)11;2-1-3/h2-5H2,1H3,(H2,17,19,20,25);1H,(H,2,3). The van der Waals surface area contributed by atoms with Crippen LogP contribution in [0.2, 0.25) is 0 Å². The topological polar surface area (TPSA) is 144 Å². The zero-order valence-electron chi connectivity index (χ0n) is 14.5. The van der Waals surface area contributed by atoms with E-state index in [-0.39, 0.29) is 29.1 Å². The predicted octanol–water partition coefficient (Wildman–Crippen LogP) is 1.20. The lowest BCUT2D eigenvalue weighted by molar-refractivity contribution is -0.140. The van der Waals surface area contributed by atoms with Gasteiger partial charge in [0, 0.05) is 20.0 Å². The van der Waals surface area contributed by atoms with Crippen LogP contribution < -0.4 is 5.32 Å². The number of nitrogens with one attached hydrogen (secondary N) is 2. The number of carbonyl (C=O) groups is 2. The number of aromatic nitrogens is 7. The van der Waals surface area contributed by atoms with Crippen LogP contribution >= 0.6 is 0 Å². The normalized spacial score (nSPS) is 13.6. The maximum absolute atomic E-state index is 13.2. The molecule has 1 aliphatic rings. The Morgan fingerprint density at radius 3 is 2.71 bits per heavy atom. The molecule has 0 aromatic carbocycles. The number of rotatable bonds is 2. The molecule has 0 unspecified atom stereocenters. The van der Waals surface area contributed by atoms with Crippen molar-refractivity contribution in [1.82, 2.24) is 34.7 Å². The Labute approximate surface area is 154 Å². The summed E-state index contributed by atoms with van der Waals surface area (Å²) in [6, 6.07) is 0. The van der Waals surface area contributed by atoms with Gasteiger partial charge < -0.3 is 15.0 Å². The van der Waals surface area contributed by atoms with E-state index >= 15 is 0 Å². The number of aromatic amines is 1. The van der Waals surface area contributed by atoms with Crippen molar-refractivity contribution in [2.75, 3.05) is 5.32 Å². The number of carbonyl (C=O) groups excluding carboxylic acids is 1. The average Bonchev–Trinajstić information content (AvgIpc) is 3.31. The second-order valence-corrected chi connectivity index (χ2v) is 5.88. The van der Waals surface area contributed by atoms with Crippen LogP contribution in [0.5, 0.6) is 0 Å². The van der Waals surface area contributed by atoms with Gasteiger partial charge in [-0.05, 0) is 12.8 Å². The molecular formula is C14H15F3N8O3. The van der Waals surface area contributed by atoms with E-state index in [9.17, 15) is 18.0 Å². The van der Waals surface area contributed by atoms with Crippen molar-refractivity contribution >= 4 is 29.2 Å². The average molecular weight is 400 g/mol. The number of hydrogen-bond donors (Lipinski definition) is 3. The third kappa shape index (κ3) is 3.39. The molecule has 0 spiro atoms.